The first-order valence-electron chi connectivity index (χ1n) is 9.72. The molecule has 1 fully saturated rings. The molecule has 1 aromatic carbocycles. The average Bonchev–Trinajstić information content (AvgIpc) is 3.41. The molecule has 3 heterocycles. The van der Waals surface area contributed by atoms with Gasteiger partial charge in [-0.05, 0) is 56.0 Å². The number of halogens is 1. The van der Waals surface area contributed by atoms with Crippen LogP contribution in [0.2, 0.25) is 0 Å². The van der Waals surface area contributed by atoms with Crippen LogP contribution in [0.15, 0.2) is 64.4 Å². The molecule has 1 saturated carbocycles. The number of amidine groups is 1. The van der Waals surface area contributed by atoms with Gasteiger partial charge in [-0.15, -0.1) is 4.39 Å². The molecule has 0 bridgehead atoms. The number of fused-ring (bicyclic) bond motifs is 1. The van der Waals surface area contributed by atoms with Crippen molar-refractivity contribution in [3.63, 3.8) is 0 Å². The minimum Gasteiger partial charge on any atom is -0.326 e. The molecular formula is C20H21FN7OS+. The minimum atomic E-state index is -0.351. The Labute approximate surface area is 177 Å². The molecule has 3 aliphatic rings. The first-order chi connectivity index (χ1) is 14.5. The van der Waals surface area contributed by atoms with Crippen molar-refractivity contribution in [1.29, 1.82) is 0 Å². The number of hydrogen-bond acceptors (Lipinski definition) is 6. The van der Waals surface area contributed by atoms with Gasteiger partial charge < -0.3 is 5.32 Å². The monoisotopic (exact) mass is 426 g/mol. The van der Waals surface area contributed by atoms with E-state index in [4.69, 9.17) is 0 Å². The highest BCUT2D eigenvalue weighted by Crippen LogP contribution is 2.31. The summed E-state index contributed by atoms with van der Waals surface area (Å²) in [5, 5.41) is 13.2. The number of carbonyl (C=O) groups excluding carboxylic acids is 1. The van der Waals surface area contributed by atoms with Crippen molar-refractivity contribution in [2.45, 2.75) is 24.7 Å². The number of rotatable bonds is 6. The lowest BCUT2D eigenvalue weighted by atomic mass is 10.3. The third kappa shape index (κ3) is 3.96. The maximum atomic E-state index is 14.3. The second-order valence-corrected chi connectivity index (χ2v) is 8.61. The van der Waals surface area contributed by atoms with Gasteiger partial charge in [-0.25, -0.2) is 0 Å². The molecule has 0 saturated heterocycles. The number of aromatic nitrogens is 2. The Morgan fingerprint density at radius 2 is 2.13 bits per heavy atom. The van der Waals surface area contributed by atoms with Crippen molar-refractivity contribution >= 4 is 35.2 Å². The average molecular weight is 427 g/mol. The number of hydrogen-bond donors (Lipinski definition) is 4. The third-order valence-corrected chi connectivity index (χ3v) is 5.92. The molecular weight excluding hydrogens is 405 g/mol. The van der Waals surface area contributed by atoms with Gasteiger partial charge >= 0.3 is 5.95 Å². The Kier molecular flexibility index (Phi) is 4.80. The van der Waals surface area contributed by atoms with Gasteiger partial charge in [0.05, 0.1) is 6.20 Å². The number of quaternary nitrogens is 1. The van der Waals surface area contributed by atoms with Crippen LogP contribution in [0.3, 0.4) is 0 Å². The fourth-order valence-corrected chi connectivity index (χ4v) is 4.18. The Bertz CT molecular complexity index is 1070. The smallest absolute Gasteiger partial charge is 0.315 e. The zero-order chi connectivity index (χ0) is 20.7. The lowest BCUT2D eigenvalue weighted by Gasteiger charge is -2.28. The lowest BCUT2D eigenvalue weighted by molar-refractivity contribution is -0.730. The van der Waals surface area contributed by atoms with E-state index in [1.165, 1.54) is 18.1 Å². The van der Waals surface area contributed by atoms with Crippen LogP contribution >= 0.6 is 11.9 Å². The zero-order valence-corrected chi connectivity index (χ0v) is 17.1. The molecule has 8 nitrogen and oxygen atoms in total. The third-order valence-electron chi connectivity index (χ3n) is 4.97. The van der Waals surface area contributed by atoms with Crippen molar-refractivity contribution in [2.75, 3.05) is 17.2 Å². The minimum absolute atomic E-state index is 0.0931. The topological polar surface area (TPSA) is 89.8 Å². The number of amides is 1. The van der Waals surface area contributed by atoms with Crippen molar-refractivity contribution in [1.82, 2.24) is 14.5 Å². The summed E-state index contributed by atoms with van der Waals surface area (Å²) in [7, 11) is 0. The summed E-state index contributed by atoms with van der Waals surface area (Å²) in [5.41, 5.74) is 1.71. The second-order valence-electron chi connectivity index (χ2n) is 7.49. The van der Waals surface area contributed by atoms with Crippen molar-refractivity contribution < 1.29 is 14.1 Å². The number of H-pyrrole nitrogens is 1. The Morgan fingerprint density at radius 1 is 1.33 bits per heavy atom. The summed E-state index contributed by atoms with van der Waals surface area (Å²) in [4.78, 5) is 17.6. The summed E-state index contributed by atoms with van der Waals surface area (Å²) in [5.74, 6) is 1.82. The van der Waals surface area contributed by atoms with E-state index < -0.39 is 0 Å². The number of nitrogens with one attached hydrogen (secondary N) is 4. The second kappa shape index (κ2) is 7.62. The highest BCUT2D eigenvalue weighted by Gasteiger charge is 2.38. The molecule has 30 heavy (non-hydrogen) atoms. The summed E-state index contributed by atoms with van der Waals surface area (Å²) in [6.07, 6.45) is 5.08. The van der Waals surface area contributed by atoms with Gasteiger partial charge in [-0.2, -0.15) is 15.0 Å². The van der Waals surface area contributed by atoms with E-state index in [9.17, 15) is 9.18 Å². The van der Waals surface area contributed by atoms with Gasteiger partial charge in [0.25, 0.3) is 0 Å². The van der Waals surface area contributed by atoms with Crippen LogP contribution < -0.4 is 15.5 Å². The zero-order valence-electron chi connectivity index (χ0n) is 16.3. The maximum absolute atomic E-state index is 14.3. The van der Waals surface area contributed by atoms with Crippen LogP contribution in [-0.4, -0.2) is 32.8 Å². The largest absolute Gasteiger partial charge is 0.326 e. The molecule has 1 amide bonds. The standard InChI is InChI=1S/C20H20FN7OS/c1-12-8-17(26-25-12)24-19-11-27(10-18-22-9-16(21)28(18)19)30-15-6-4-14(5-7-15)23-20(29)13-2-3-13/h4-9,11,13H,2-3,10H2,1H3,(H,23,29)(H2,24,25,26)/p+1. The highest BCUT2D eigenvalue weighted by molar-refractivity contribution is 7.97. The summed E-state index contributed by atoms with van der Waals surface area (Å²) in [6, 6.07) is 9.57. The van der Waals surface area contributed by atoms with E-state index in [-0.39, 0.29) is 17.8 Å². The van der Waals surface area contributed by atoms with Gasteiger partial charge in [-0.3, -0.25) is 19.5 Å². The number of carbonyl (C=O) groups is 1. The van der Waals surface area contributed by atoms with E-state index in [2.05, 4.69) is 25.8 Å². The fourth-order valence-electron chi connectivity index (χ4n) is 3.31. The van der Waals surface area contributed by atoms with Crippen LogP contribution in [0.25, 0.3) is 0 Å². The molecule has 1 atom stereocenters. The quantitative estimate of drug-likeness (QED) is 0.421. The van der Waals surface area contributed by atoms with Crippen molar-refractivity contribution in [3.8, 4) is 0 Å². The molecule has 2 aromatic rings. The number of aromatic amines is 1. The van der Waals surface area contributed by atoms with Crippen LogP contribution in [0.4, 0.5) is 15.9 Å². The summed E-state index contributed by atoms with van der Waals surface area (Å²) in [6.45, 7) is 2.39. The molecule has 154 valence electrons. The molecule has 1 aromatic heterocycles. The Hall–Kier alpha value is -3.11. The molecule has 0 spiro atoms. The Balaban J connectivity index is 1.31. The SMILES string of the molecule is Cc1cc(NC2=CN(Sc3ccc(NC(=O)C4CC4)cc3)CC3=NC=C(F)[NH+]23)n[nH]1. The first-order valence-corrected chi connectivity index (χ1v) is 10.5. The van der Waals surface area contributed by atoms with Gasteiger partial charge in [0, 0.05) is 28.3 Å². The van der Waals surface area contributed by atoms with E-state index in [1.807, 2.05) is 47.8 Å². The molecule has 1 aliphatic carbocycles. The molecule has 5 rings (SSSR count). The maximum Gasteiger partial charge on any atom is 0.315 e. The van der Waals surface area contributed by atoms with Gasteiger partial charge in [-0.1, -0.05) is 0 Å². The molecule has 0 radical (unpaired) electrons. The molecule has 10 heteroatoms. The van der Waals surface area contributed by atoms with Crippen LogP contribution in [0.1, 0.15) is 18.5 Å². The molecule has 2 aliphatic heterocycles. The molecule has 1 unspecified atom stereocenters. The van der Waals surface area contributed by atoms with E-state index >= 15 is 0 Å². The fraction of sp³-hybridized carbons (Fsp3) is 0.250. The number of benzene rings is 1. The predicted molar refractivity (Wildman–Crippen MR) is 113 cm³/mol. The van der Waals surface area contributed by atoms with E-state index in [0.717, 1.165) is 29.1 Å². The number of anilines is 2. The van der Waals surface area contributed by atoms with Crippen LogP contribution in [0.5, 0.6) is 0 Å². The van der Waals surface area contributed by atoms with Crippen molar-refractivity contribution in [2.24, 2.45) is 10.9 Å². The summed E-state index contributed by atoms with van der Waals surface area (Å²) >= 11 is 1.52. The normalized spacial score (nSPS) is 20.3. The van der Waals surface area contributed by atoms with Gasteiger partial charge in [0.2, 0.25) is 17.6 Å². The van der Waals surface area contributed by atoms with Gasteiger partial charge in [0.15, 0.2) is 5.82 Å². The lowest BCUT2D eigenvalue weighted by Crippen LogP contribution is -3.12. The number of aryl methyl sites for hydroxylation is 1. The molecule has 4 N–H and O–H groups in total. The van der Waals surface area contributed by atoms with Crippen LogP contribution in [-0.2, 0) is 4.79 Å². The number of nitrogens with zero attached hydrogens (tertiary/aromatic N) is 3. The predicted octanol–water partition coefficient (Wildman–Crippen LogP) is 2.37. The highest BCUT2D eigenvalue weighted by atomic mass is 32.2. The van der Waals surface area contributed by atoms with Crippen molar-refractivity contribution in [3.05, 3.63) is 60.2 Å². The van der Waals surface area contributed by atoms with Gasteiger partial charge in [0.1, 0.15) is 12.7 Å². The number of aliphatic imine (C=N–C) groups is 1. The first kappa shape index (κ1) is 18.9. The Morgan fingerprint density at radius 3 is 2.83 bits per heavy atom. The summed E-state index contributed by atoms with van der Waals surface area (Å²) < 4.78 is 16.3. The van der Waals surface area contributed by atoms with E-state index in [0.29, 0.717) is 28.9 Å². The van der Waals surface area contributed by atoms with E-state index in [1.54, 1.807) is 0 Å². The van der Waals surface area contributed by atoms with Crippen LogP contribution in [0, 0.1) is 12.8 Å².